The van der Waals surface area contributed by atoms with Crippen molar-refractivity contribution in [1.82, 2.24) is 9.78 Å². The number of hydrogen-bond donors (Lipinski definition) is 0. The topological polar surface area (TPSA) is 61.2 Å². The molecule has 0 aliphatic rings. The highest BCUT2D eigenvalue weighted by molar-refractivity contribution is 5.98. The second-order valence-corrected chi connectivity index (χ2v) is 3.79. The highest BCUT2D eigenvalue weighted by Crippen LogP contribution is 2.20. The number of carbonyl (C=O) groups excluding carboxylic acids is 1. The van der Waals surface area contributed by atoms with Crippen LogP contribution in [0, 0.1) is 5.82 Å². The van der Waals surface area contributed by atoms with E-state index in [1.165, 1.54) is 37.6 Å². The van der Waals surface area contributed by atoms with Gasteiger partial charge in [-0.25, -0.2) is 9.07 Å². The summed E-state index contributed by atoms with van der Waals surface area (Å²) in [7, 11) is 1.39. The van der Waals surface area contributed by atoms with E-state index in [4.69, 9.17) is 4.74 Å². The number of methoxy groups -OCH3 is 1. The van der Waals surface area contributed by atoms with E-state index >= 15 is 0 Å². The number of aromatic nitrogens is 2. The van der Waals surface area contributed by atoms with Crippen LogP contribution in [-0.4, -0.2) is 22.7 Å². The quantitative estimate of drug-likeness (QED) is 0.778. The zero-order valence-electron chi connectivity index (χ0n) is 10.2. The summed E-state index contributed by atoms with van der Waals surface area (Å²) < 4.78 is 19.2. The lowest BCUT2D eigenvalue weighted by atomic mass is 10.1. The Balaban J connectivity index is 2.33. The van der Waals surface area contributed by atoms with Crippen molar-refractivity contribution >= 4 is 5.78 Å². The van der Waals surface area contributed by atoms with E-state index in [9.17, 15) is 14.0 Å². The van der Waals surface area contributed by atoms with E-state index in [0.717, 1.165) is 10.7 Å². The molecule has 0 radical (unpaired) electrons. The van der Waals surface area contributed by atoms with Gasteiger partial charge < -0.3 is 4.74 Å². The Morgan fingerprint density at radius 2 is 2.21 bits per heavy atom. The molecular formula is C13H11FN2O3. The first-order chi connectivity index (χ1) is 9.11. The second kappa shape index (κ2) is 5.43. The molecule has 1 aromatic heterocycles. The van der Waals surface area contributed by atoms with Crippen LogP contribution in [0.1, 0.15) is 10.4 Å². The van der Waals surface area contributed by atoms with Crippen LogP contribution >= 0.6 is 0 Å². The Labute approximate surface area is 108 Å². The summed E-state index contributed by atoms with van der Waals surface area (Å²) in [5, 5.41) is 3.77. The van der Waals surface area contributed by atoms with E-state index < -0.39 is 17.2 Å². The highest BCUT2D eigenvalue weighted by Gasteiger charge is 2.14. The molecule has 19 heavy (non-hydrogen) atoms. The van der Waals surface area contributed by atoms with Crippen molar-refractivity contribution in [2.24, 2.45) is 0 Å². The second-order valence-electron chi connectivity index (χ2n) is 3.79. The molecule has 0 saturated carbocycles. The molecule has 0 spiro atoms. The third kappa shape index (κ3) is 2.85. The van der Waals surface area contributed by atoms with Crippen molar-refractivity contribution in [1.29, 1.82) is 0 Å². The van der Waals surface area contributed by atoms with E-state index in [-0.39, 0.29) is 17.9 Å². The van der Waals surface area contributed by atoms with Gasteiger partial charge in [0.05, 0.1) is 12.7 Å². The largest absolute Gasteiger partial charge is 0.496 e. The first kappa shape index (κ1) is 12.9. The van der Waals surface area contributed by atoms with E-state index in [1.807, 2.05) is 0 Å². The highest BCUT2D eigenvalue weighted by atomic mass is 19.1. The maximum absolute atomic E-state index is 13.2. The molecule has 2 aromatic rings. The van der Waals surface area contributed by atoms with Gasteiger partial charge in [-0.3, -0.25) is 9.59 Å². The van der Waals surface area contributed by atoms with Crippen molar-refractivity contribution in [3.63, 3.8) is 0 Å². The van der Waals surface area contributed by atoms with Crippen LogP contribution in [0.4, 0.5) is 4.39 Å². The van der Waals surface area contributed by atoms with Crippen LogP contribution in [0.3, 0.4) is 0 Å². The van der Waals surface area contributed by atoms with Gasteiger partial charge in [0.1, 0.15) is 18.1 Å². The molecule has 2 rings (SSSR count). The molecule has 0 unspecified atom stereocenters. The van der Waals surface area contributed by atoms with Gasteiger partial charge >= 0.3 is 0 Å². The molecule has 98 valence electrons. The molecule has 0 amide bonds. The average molecular weight is 262 g/mol. The molecule has 0 aliphatic carbocycles. The van der Waals surface area contributed by atoms with Crippen LogP contribution in [0.2, 0.25) is 0 Å². The minimum atomic E-state index is -0.544. The van der Waals surface area contributed by atoms with E-state index in [0.29, 0.717) is 0 Å². The first-order valence-corrected chi connectivity index (χ1v) is 5.50. The van der Waals surface area contributed by atoms with Crippen LogP contribution < -0.4 is 10.3 Å². The monoisotopic (exact) mass is 262 g/mol. The molecule has 1 aromatic carbocycles. The lowest BCUT2D eigenvalue weighted by Gasteiger charge is -2.08. The number of benzene rings is 1. The Bertz CT molecular complexity index is 667. The zero-order valence-corrected chi connectivity index (χ0v) is 10.2. The van der Waals surface area contributed by atoms with Gasteiger partial charge in [0.15, 0.2) is 5.78 Å². The van der Waals surface area contributed by atoms with E-state index in [1.54, 1.807) is 0 Å². The van der Waals surface area contributed by atoms with Crippen molar-refractivity contribution in [2.75, 3.05) is 7.11 Å². The predicted octanol–water partition coefficient (Wildman–Crippen LogP) is 1.27. The SMILES string of the molecule is COc1ccc(F)cc1C(=O)Cn1ncccc1=O. The lowest BCUT2D eigenvalue weighted by molar-refractivity contribution is 0.0962. The Hall–Kier alpha value is -2.50. The fourth-order valence-electron chi connectivity index (χ4n) is 1.63. The number of carbonyl (C=O) groups is 1. The summed E-state index contributed by atoms with van der Waals surface area (Å²) in [5.41, 5.74) is -0.314. The summed E-state index contributed by atoms with van der Waals surface area (Å²) in [4.78, 5) is 23.5. The average Bonchev–Trinajstić information content (AvgIpc) is 2.41. The van der Waals surface area contributed by atoms with Gasteiger partial charge in [0, 0.05) is 12.3 Å². The number of ketones is 1. The van der Waals surface area contributed by atoms with Gasteiger partial charge in [-0.1, -0.05) is 0 Å². The Morgan fingerprint density at radius 1 is 1.42 bits per heavy atom. The zero-order chi connectivity index (χ0) is 13.8. The summed E-state index contributed by atoms with van der Waals surface area (Å²) in [5.74, 6) is -0.731. The molecule has 0 saturated heterocycles. The fraction of sp³-hybridized carbons (Fsp3) is 0.154. The van der Waals surface area contributed by atoms with Gasteiger partial charge in [0.2, 0.25) is 0 Å². The number of halogens is 1. The summed E-state index contributed by atoms with van der Waals surface area (Å²) in [6, 6.07) is 6.41. The standard InChI is InChI=1S/C13H11FN2O3/c1-19-12-5-4-9(14)7-10(12)11(17)8-16-13(18)3-2-6-15-16/h2-7H,8H2,1H3. The smallest absolute Gasteiger partial charge is 0.267 e. The van der Waals surface area contributed by atoms with Gasteiger partial charge in [0.25, 0.3) is 5.56 Å². The molecule has 0 fully saturated rings. The third-order valence-electron chi connectivity index (χ3n) is 2.54. The van der Waals surface area contributed by atoms with Crippen LogP contribution in [0.5, 0.6) is 5.75 Å². The van der Waals surface area contributed by atoms with Crippen LogP contribution in [-0.2, 0) is 6.54 Å². The van der Waals surface area contributed by atoms with Crippen molar-refractivity contribution in [2.45, 2.75) is 6.54 Å². The maximum atomic E-state index is 13.2. The molecule has 6 heteroatoms. The Kier molecular flexibility index (Phi) is 3.70. The minimum absolute atomic E-state index is 0.0834. The summed E-state index contributed by atoms with van der Waals surface area (Å²) in [6.45, 7) is -0.264. The van der Waals surface area contributed by atoms with Crippen LogP contribution in [0.25, 0.3) is 0 Å². The number of hydrogen-bond acceptors (Lipinski definition) is 4. The predicted molar refractivity (Wildman–Crippen MR) is 65.8 cm³/mol. The third-order valence-corrected chi connectivity index (χ3v) is 2.54. The molecule has 0 aliphatic heterocycles. The molecule has 1 heterocycles. The van der Waals surface area contributed by atoms with Gasteiger partial charge in [-0.05, 0) is 24.3 Å². The van der Waals surface area contributed by atoms with E-state index in [2.05, 4.69) is 5.10 Å². The molecule has 0 bridgehead atoms. The van der Waals surface area contributed by atoms with Gasteiger partial charge in [-0.2, -0.15) is 5.10 Å². The number of ether oxygens (including phenoxy) is 1. The van der Waals surface area contributed by atoms with Crippen molar-refractivity contribution < 1.29 is 13.9 Å². The molecule has 0 atom stereocenters. The number of nitrogens with zero attached hydrogens (tertiary/aromatic N) is 2. The first-order valence-electron chi connectivity index (χ1n) is 5.50. The lowest BCUT2D eigenvalue weighted by Crippen LogP contribution is -2.25. The van der Waals surface area contributed by atoms with Crippen LogP contribution in [0.15, 0.2) is 41.3 Å². The van der Waals surface area contributed by atoms with Crippen molar-refractivity contribution in [3.8, 4) is 5.75 Å². The molecular weight excluding hydrogens is 251 g/mol. The van der Waals surface area contributed by atoms with Crippen molar-refractivity contribution in [3.05, 3.63) is 58.3 Å². The molecule has 0 N–H and O–H groups in total. The fourth-order valence-corrected chi connectivity index (χ4v) is 1.63. The molecule has 5 nitrogen and oxygen atoms in total. The summed E-state index contributed by atoms with van der Waals surface area (Å²) in [6.07, 6.45) is 1.40. The van der Waals surface area contributed by atoms with Gasteiger partial charge in [-0.15, -0.1) is 0 Å². The number of Topliss-reactive ketones (excluding diaryl/α,β-unsaturated/α-hetero) is 1. The Morgan fingerprint density at radius 3 is 2.89 bits per heavy atom. The minimum Gasteiger partial charge on any atom is -0.496 e. The maximum Gasteiger partial charge on any atom is 0.267 e. The summed E-state index contributed by atoms with van der Waals surface area (Å²) >= 11 is 0. The normalized spacial score (nSPS) is 10.2. The number of rotatable bonds is 4.